The van der Waals surface area contributed by atoms with Gasteiger partial charge in [0.1, 0.15) is 11.9 Å². The lowest BCUT2D eigenvalue weighted by molar-refractivity contribution is -0.203. The monoisotopic (exact) mass is 508 g/mol. The fraction of sp³-hybridized carbons (Fsp3) is 0.667. The van der Waals surface area contributed by atoms with Gasteiger partial charge in [-0.3, -0.25) is 14.6 Å². The topological polar surface area (TPSA) is 82.2 Å². The largest absolute Gasteiger partial charge is 0.405 e. The number of piperidine rings is 1. The molecular formula is C21H28F4N4O4S. The Morgan fingerprint density at radius 3 is 2.44 bits per heavy atom. The molecule has 1 aromatic carbocycles. The maximum atomic E-state index is 14.1. The van der Waals surface area contributed by atoms with Crippen molar-refractivity contribution in [3.63, 3.8) is 0 Å². The van der Waals surface area contributed by atoms with Gasteiger partial charge in [0.05, 0.1) is 24.3 Å². The highest BCUT2D eigenvalue weighted by molar-refractivity contribution is 7.89. The average Bonchev–Trinajstić information content (AvgIpc) is 2.78. The predicted octanol–water partition coefficient (Wildman–Crippen LogP) is 1.39. The van der Waals surface area contributed by atoms with Crippen molar-refractivity contribution in [3.8, 4) is 0 Å². The van der Waals surface area contributed by atoms with Crippen molar-refractivity contribution in [1.82, 2.24) is 19.4 Å². The first-order valence-corrected chi connectivity index (χ1v) is 12.6. The van der Waals surface area contributed by atoms with E-state index in [1.807, 2.05) is 6.92 Å². The summed E-state index contributed by atoms with van der Waals surface area (Å²) in [6.07, 6.45) is -5.10. The first-order valence-electron chi connectivity index (χ1n) is 11.2. The van der Waals surface area contributed by atoms with Crippen molar-refractivity contribution in [2.75, 3.05) is 39.4 Å². The summed E-state index contributed by atoms with van der Waals surface area (Å²) in [6, 6.07) is 1.70. The minimum absolute atomic E-state index is 0.0430. The van der Waals surface area contributed by atoms with Gasteiger partial charge in [0.15, 0.2) is 0 Å². The van der Waals surface area contributed by atoms with Crippen LogP contribution in [0.2, 0.25) is 0 Å². The maximum absolute atomic E-state index is 14.1. The number of hydrogen-bond donors (Lipinski definition) is 1. The lowest BCUT2D eigenvalue weighted by atomic mass is 9.97. The Morgan fingerprint density at radius 2 is 1.79 bits per heavy atom. The highest BCUT2D eigenvalue weighted by Crippen LogP contribution is 2.33. The molecular weight excluding hydrogens is 480 g/mol. The Morgan fingerprint density at radius 1 is 1.09 bits per heavy atom. The van der Waals surface area contributed by atoms with Crippen LogP contribution in [-0.4, -0.2) is 98.3 Å². The van der Waals surface area contributed by atoms with E-state index in [-0.39, 0.29) is 42.4 Å². The molecule has 3 fully saturated rings. The van der Waals surface area contributed by atoms with Gasteiger partial charge in [-0.2, -0.15) is 17.5 Å². The molecule has 4 atom stereocenters. The third-order valence-electron chi connectivity index (χ3n) is 6.75. The molecule has 1 amide bonds. The van der Waals surface area contributed by atoms with Gasteiger partial charge in [0, 0.05) is 44.7 Å². The molecule has 0 aromatic heterocycles. The van der Waals surface area contributed by atoms with Crippen LogP contribution in [-0.2, 0) is 19.6 Å². The van der Waals surface area contributed by atoms with Crippen LogP contribution >= 0.6 is 0 Å². The SMILES string of the molecule is C[C@@H]1COCCN1C1CC(=O)NC(N2CCN(S(=O)(=O)c3ccc(F)cc3)CC2C(F)(F)F)C1. The van der Waals surface area contributed by atoms with Gasteiger partial charge in [-0.05, 0) is 37.6 Å². The molecule has 3 aliphatic rings. The van der Waals surface area contributed by atoms with Gasteiger partial charge in [-0.25, -0.2) is 12.8 Å². The van der Waals surface area contributed by atoms with Crippen LogP contribution < -0.4 is 5.32 Å². The van der Waals surface area contributed by atoms with E-state index in [0.717, 1.165) is 33.5 Å². The molecule has 3 aliphatic heterocycles. The normalized spacial score (nSPS) is 30.8. The van der Waals surface area contributed by atoms with E-state index < -0.39 is 40.8 Å². The molecule has 0 saturated carbocycles. The van der Waals surface area contributed by atoms with Crippen molar-refractivity contribution in [3.05, 3.63) is 30.1 Å². The fourth-order valence-corrected chi connectivity index (χ4v) is 6.46. The summed E-state index contributed by atoms with van der Waals surface area (Å²) in [7, 11) is -4.24. The molecule has 34 heavy (non-hydrogen) atoms. The Bertz CT molecular complexity index is 991. The van der Waals surface area contributed by atoms with Crippen LogP contribution in [0.5, 0.6) is 0 Å². The van der Waals surface area contributed by atoms with Gasteiger partial charge in [0.2, 0.25) is 15.9 Å². The summed E-state index contributed by atoms with van der Waals surface area (Å²) < 4.78 is 87.6. The van der Waals surface area contributed by atoms with Gasteiger partial charge in [0.25, 0.3) is 0 Å². The number of sulfonamides is 1. The molecule has 13 heteroatoms. The summed E-state index contributed by atoms with van der Waals surface area (Å²) in [5.41, 5.74) is 0. The second kappa shape index (κ2) is 9.69. The van der Waals surface area contributed by atoms with E-state index in [4.69, 9.17) is 4.74 Å². The van der Waals surface area contributed by atoms with Crippen molar-refractivity contribution in [2.24, 2.45) is 0 Å². The van der Waals surface area contributed by atoms with E-state index >= 15 is 0 Å². The Hall–Kier alpha value is -1.80. The van der Waals surface area contributed by atoms with Crippen molar-refractivity contribution >= 4 is 15.9 Å². The number of halogens is 4. The summed E-state index contributed by atoms with van der Waals surface area (Å²) in [6.45, 7) is 2.34. The quantitative estimate of drug-likeness (QED) is 0.620. The number of alkyl halides is 3. The zero-order chi connectivity index (χ0) is 24.7. The number of benzene rings is 1. The van der Waals surface area contributed by atoms with Gasteiger partial charge in [-0.1, -0.05) is 0 Å². The minimum Gasteiger partial charge on any atom is -0.379 e. The summed E-state index contributed by atoms with van der Waals surface area (Å²) >= 11 is 0. The van der Waals surface area contributed by atoms with Crippen LogP contribution in [0.1, 0.15) is 19.8 Å². The number of nitrogens with zero attached hydrogens (tertiary/aromatic N) is 3. The third kappa shape index (κ3) is 5.23. The number of carbonyl (C=O) groups excluding carboxylic acids is 1. The molecule has 0 radical (unpaired) electrons. The highest BCUT2D eigenvalue weighted by atomic mass is 32.2. The minimum atomic E-state index is -4.72. The van der Waals surface area contributed by atoms with Crippen LogP contribution in [0.25, 0.3) is 0 Å². The lowest BCUT2D eigenvalue weighted by Gasteiger charge is -2.49. The third-order valence-corrected chi connectivity index (χ3v) is 8.63. The number of carbonyl (C=O) groups is 1. The molecule has 190 valence electrons. The molecule has 0 bridgehead atoms. The second-order valence-corrected chi connectivity index (χ2v) is 10.9. The van der Waals surface area contributed by atoms with Crippen LogP contribution in [0.3, 0.4) is 0 Å². The molecule has 3 unspecified atom stereocenters. The number of rotatable bonds is 4. The first kappa shape index (κ1) is 25.3. The van der Waals surface area contributed by atoms with Gasteiger partial charge in [-0.15, -0.1) is 0 Å². The summed E-state index contributed by atoms with van der Waals surface area (Å²) in [5, 5.41) is 2.68. The first-order chi connectivity index (χ1) is 16.0. The van der Waals surface area contributed by atoms with Gasteiger partial charge >= 0.3 is 6.18 Å². The molecule has 3 heterocycles. The lowest BCUT2D eigenvalue weighted by Crippen LogP contribution is -2.68. The molecule has 3 saturated heterocycles. The molecule has 8 nitrogen and oxygen atoms in total. The van der Waals surface area contributed by atoms with Crippen LogP contribution in [0, 0.1) is 5.82 Å². The van der Waals surface area contributed by atoms with E-state index in [0.29, 0.717) is 26.2 Å². The number of piperazine rings is 1. The Labute approximate surface area is 195 Å². The second-order valence-electron chi connectivity index (χ2n) is 8.95. The summed E-state index contributed by atoms with van der Waals surface area (Å²) in [5.74, 6) is -0.976. The zero-order valence-electron chi connectivity index (χ0n) is 18.7. The summed E-state index contributed by atoms with van der Waals surface area (Å²) in [4.78, 5) is 15.4. The maximum Gasteiger partial charge on any atom is 0.405 e. The standard InChI is InChI=1S/C21H28F4N4O4S/c1-14-13-33-9-8-28(14)16-10-19(26-20(30)11-16)29-7-6-27(12-18(29)21(23,24)25)34(31,32)17-4-2-15(22)3-5-17/h2-5,14,16,18-19H,6-13H2,1H3,(H,26,30)/t14-,16?,18?,19?/m1/s1. The highest BCUT2D eigenvalue weighted by Gasteiger charge is 2.51. The number of hydrogen-bond acceptors (Lipinski definition) is 6. The molecule has 0 spiro atoms. The molecule has 0 aliphatic carbocycles. The van der Waals surface area contributed by atoms with Crippen LogP contribution in [0.4, 0.5) is 17.6 Å². The number of amides is 1. The Kier molecular flexibility index (Phi) is 7.21. The zero-order valence-corrected chi connectivity index (χ0v) is 19.5. The van der Waals surface area contributed by atoms with Crippen molar-refractivity contribution < 1.29 is 35.5 Å². The van der Waals surface area contributed by atoms with Gasteiger partial charge < -0.3 is 10.1 Å². The fourth-order valence-electron chi connectivity index (χ4n) is 5.02. The van der Waals surface area contributed by atoms with E-state index in [9.17, 15) is 30.8 Å². The van der Waals surface area contributed by atoms with Crippen LogP contribution in [0.15, 0.2) is 29.2 Å². The molecule has 4 rings (SSSR count). The molecule has 1 aromatic rings. The average molecular weight is 509 g/mol. The van der Waals surface area contributed by atoms with E-state index in [2.05, 4.69) is 10.2 Å². The molecule has 1 N–H and O–H groups in total. The smallest absolute Gasteiger partial charge is 0.379 e. The number of ether oxygens (including phenoxy) is 1. The van der Waals surface area contributed by atoms with E-state index in [1.165, 1.54) is 0 Å². The predicted molar refractivity (Wildman–Crippen MR) is 114 cm³/mol. The number of nitrogens with one attached hydrogen (secondary N) is 1. The number of morpholine rings is 1. The van der Waals surface area contributed by atoms with Crippen molar-refractivity contribution in [2.45, 2.75) is 55.1 Å². The van der Waals surface area contributed by atoms with Crippen molar-refractivity contribution in [1.29, 1.82) is 0 Å². The Balaban J connectivity index is 1.54. The van der Waals surface area contributed by atoms with E-state index in [1.54, 1.807) is 0 Å².